The number of benzene rings is 2. The molecule has 0 unspecified atom stereocenters. The summed E-state index contributed by atoms with van der Waals surface area (Å²) in [5.74, 6) is 2.01. The number of aromatic nitrogens is 4. The van der Waals surface area contributed by atoms with Crippen molar-refractivity contribution in [2.75, 3.05) is 5.32 Å². The predicted octanol–water partition coefficient (Wildman–Crippen LogP) is 4.89. The lowest BCUT2D eigenvalue weighted by Gasteiger charge is -2.11. The Bertz CT molecular complexity index is 1260. The van der Waals surface area contributed by atoms with Crippen LogP contribution in [0.5, 0.6) is 0 Å². The number of pyridine rings is 1. The molecule has 0 aliphatic rings. The summed E-state index contributed by atoms with van der Waals surface area (Å²) in [5, 5.41) is 4.35. The van der Waals surface area contributed by atoms with E-state index in [-0.39, 0.29) is 0 Å². The molecule has 0 aliphatic heterocycles. The first-order valence-electron chi connectivity index (χ1n) is 8.58. The van der Waals surface area contributed by atoms with Crippen LogP contribution in [0.25, 0.3) is 33.4 Å². The molecular formula is C21H15N5O. The first kappa shape index (κ1) is 15.5. The van der Waals surface area contributed by atoms with Crippen LogP contribution in [0, 0.1) is 6.92 Å². The second-order valence-corrected chi connectivity index (χ2v) is 6.20. The topological polar surface area (TPSA) is 76.7 Å². The maximum absolute atomic E-state index is 5.55. The SMILES string of the molecule is Cc1nc2cc(Nc3nc(-c4cccnc4)nc4ccccc34)ccc2o1. The maximum Gasteiger partial charge on any atom is 0.192 e. The van der Waals surface area contributed by atoms with E-state index in [0.29, 0.717) is 11.7 Å². The van der Waals surface area contributed by atoms with Gasteiger partial charge in [0.2, 0.25) is 0 Å². The van der Waals surface area contributed by atoms with Gasteiger partial charge in [0.25, 0.3) is 0 Å². The van der Waals surface area contributed by atoms with Gasteiger partial charge in [0, 0.05) is 36.0 Å². The van der Waals surface area contributed by atoms with Crippen LogP contribution in [0.3, 0.4) is 0 Å². The van der Waals surface area contributed by atoms with Crippen molar-refractivity contribution in [2.45, 2.75) is 6.92 Å². The molecule has 0 saturated heterocycles. The average molecular weight is 353 g/mol. The zero-order valence-electron chi connectivity index (χ0n) is 14.5. The highest BCUT2D eigenvalue weighted by atomic mass is 16.3. The summed E-state index contributed by atoms with van der Waals surface area (Å²) in [7, 11) is 0. The Hall–Kier alpha value is -3.80. The van der Waals surface area contributed by atoms with Gasteiger partial charge in [0.1, 0.15) is 11.3 Å². The molecule has 27 heavy (non-hydrogen) atoms. The number of para-hydroxylation sites is 1. The Morgan fingerprint density at radius 2 is 1.81 bits per heavy atom. The fourth-order valence-electron chi connectivity index (χ4n) is 3.05. The highest BCUT2D eigenvalue weighted by molar-refractivity contribution is 5.92. The zero-order chi connectivity index (χ0) is 18.2. The summed E-state index contributed by atoms with van der Waals surface area (Å²) in [5.41, 5.74) is 4.20. The molecule has 6 nitrogen and oxygen atoms in total. The fourth-order valence-corrected chi connectivity index (χ4v) is 3.05. The van der Waals surface area contributed by atoms with E-state index in [4.69, 9.17) is 9.40 Å². The minimum atomic E-state index is 0.627. The van der Waals surface area contributed by atoms with Crippen molar-refractivity contribution in [3.05, 3.63) is 72.9 Å². The van der Waals surface area contributed by atoms with Gasteiger partial charge in [-0.15, -0.1) is 0 Å². The standard InChI is InChI=1S/C21H15N5O/c1-13-23-18-11-15(8-9-19(18)27-13)24-21-16-6-2-3-7-17(16)25-20(26-21)14-5-4-10-22-12-14/h2-12H,1H3,(H,24,25,26). The lowest BCUT2D eigenvalue weighted by molar-refractivity contribution is 0.561. The van der Waals surface area contributed by atoms with Crippen LogP contribution >= 0.6 is 0 Å². The Kier molecular flexibility index (Phi) is 3.53. The van der Waals surface area contributed by atoms with Gasteiger partial charge in [-0.3, -0.25) is 4.98 Å². The Balaban J connectivity index is 1.64. The molecule has 0 aliphatic carbocycles. The van der Waals surface area contributed by atoms with Gasteiger partial charge in [-0.1, -0.05) is 12.1 Å². The molecule has 5 rings (SSSR count). The van der Waals surface area contributed by atoms with E-state index in [0.717, 1.165) is 39.1 Å². The summed E-state index contributed by atoms with van der Waals surface area (Å²) in [6.07, 6.45) is 3.50. The molecular weight excluding hydrogens is 338 g/mol. The van der Waals surface area contributed by atoms with Crippen LogP contribution in [0.2, 0.25) is 0 Å². The number of hydrogen-bond acceptors (Lipinski definition) is 6. The number of fused-ring (bicyclic) bond motifs is 2. The quantitative estimate of drug-likeness (QED) is 0.498. The van der Waals surface area contributed by atoms with Crippen LogP contribution in [0.1, 0.15) is 5.89 Å². The van der Waals surface area contributed by atoms with Crippen molar-refractivity contribution in [1.29, 1.82) is 0 Å². The first-order chi connectivity index (χ1) is 13.3. The molecule has 3 aromatic heterocycles. The minimum Gasteiger partial charge on any atom is -0.441 e. The van der Waals surface area contributed by atoms with Crippen molar-refractivity contribution in [1.82, 2.24) is 19.9 Å². The van der Waals surface area contributed by atoms with Crippen molar-refractivity contribution < 1.29 is 4.42 Å². The molecule has 0 spiro atoms. The molecule has 5 aromatic rings. The van der Waals surface area contributed by atoms with Crippen LogP contribution in [0.15, 0.2) is 71.4 Å². The zero-order valence-corrected chi connectivity index (χ0v) is 14.5. The van der Waals surface area contributed by atoms with Gasteiger partial charge in [0.05, 0.1) is 5.52 Å². The van der Waals surface area contributed by atoms with Crippen LogP contribution in [-0.2, 0) is 0 Å². The molecule has 0 bridgehead atoms. The summed E-state index contributed by atoms with van der Waals surface area (Å²) in [6, 6.07) is 17.6. The van der Waals surface area contributed by atoms with Crippen molar-refractivity contribution in [3.8, 4) is 11.4 Å². The molecule has 0 radical (unpaired) electrons. The van der Waals surface area contributed by atoms with E-state index in [2.05, 4.69) is 20.3 Å². The molecule has 0 atom stereocenters. The van der Waals surface area contributed by atoms with Crippen LogP contribution in [-0.4, -0.2) is 19.9 Å². The summed E-state index contributed by atoms with van der Waals surface area (Å²) in [4.78, 5) is 18.0. The van der Waals surface area contributed by atoms with E-state index >= 15 is 0 Å². The largest absolute Gasteiger partial charge is 0.441 e. The number of nitrogens with zero attached hydrogens (tertiary/aromatic N) is 4. The van der Waals surface area contributed by atoms with Gasteiger partial charge in [-0.05, 0) is 42.5 Å². The summed E-state index contributed by atoms with van der Waals surface area (Å²) in [6.45, 7) is 1.84. The second-order valence-electron chi connectivity index (χ2n) is 6.20. The predicted molar refractivity (Wildman–Crippen MR) is 105 cm³/mol. The summed E-state index contributed by atoms with van der Waals surface area (Å²) < 4.78 is 5.55. The number of nitrogens with one attached hydrogen (secondary N) is 1. The monoisotopic (exact) mass is 353 g/mol. The minimum absolute atomic E-state index is 0.627. The third kappa shape index (κ3) is 2.87. The fraction of sp³-hybridized carbons (Fsp3) is 0.0476. The van der Waals surface area contributed by atoms with Crippen molar-refractivity contribution >= 4 is 33.5 Å². The van der Waals surface area contributed by atoms with Gasteiger partial charge < -0.3 is 9.73 Å². The number of hydrogen-bond donors (Lipinski definition) is 1. The van der Waals surface area contributed by atoms with Gasteiger partial charge in [-0.25, -0.2) is 15.0 Å². The number of anilines is 2. The molecule has 2 aromatic carbocycles. The van der Waals surface area contributed by atoms with Gasteiger partial charge in [0.15, 0.2) is 17.3 Å². The van der Waals surface area contributed by atoms with E-state index < -0.39 is 0 Å². The molecule has 6 heteroatoms. The van der Waals surface area contributed by atoms with Gasteiger partial charge in [-0.2, -0.15) is 0 Å². The Morgan fingerprint density at radius 1 is 0.889 bits per heavy atom. The molecule has 130 valence electrons. The molecule has 0 fully saturated rings. The normalized spacial score (nSPS) is 11.1. The Labute approximate surface area is 154 Å². The number of rotatable bonds is 3. The van der Waals surface area contributed by atoms with E-state index in [1.807, 2.05) is 61.5 Å². The van der Waals surface area contributed by atoms with Gasteiger partial charge >= 0.3 is 0 Å². The smallest absolute Gasteiger partial charge is 0.192 e. The first-order valence-corrected chi connectivity index (χ1v) is 8.58. The van der Waals surface area contributed by atoms with Crippen LogP contribution < -0.4 is 5.32 Å². The molecule has 0 saturated carbocycles. The second kappa shape index (κ2) is 6.17. The van der Waals surface area contributed by atoms with Crippen molar-refractivity contribution in [3.63, 3.8) is 0 Å². The number of aryl methyl sites for hydroxylation is 1. The third-order valence-corrected chi connectivity index (χ3v) is 4.28. The lowest BCUT2D eigenvalue weighted by Crippen LogP contribution is -1.99. The van der Waals surface area contributed by atoms with E-state index in [9.17, 15) is 0 Å². The maximum atomic E-state index is 5.55. The van der Waals surface area contributed by atoms with Crippen molar-refractivity contribution in [2.24, 2.45) is 0 Å². The molecule has 3 heterocycles. The highest BCUT2D eigenvalue weighted by Gasteiger charge is 2.11. The lowest BCUT2D eigenvalue weighted by atomic mass is 10.2. The Morgan fingerprint density at radius 3 is 2.70 bits per heavy atom. The average Bonchev–Trinajstić information content (AvgIpc) is 3.08. The summed E-state index contributed by atoms with van der Waals surface area (Å²) >= 11 is 0. The molecule has 0 amide bonds. The highest BCUT2D eigenvalue weighted by Crippen LogP contribution is 2.28. The van der Waals surface area contributed by atoms with E-state index in [1.54, 1.807) is 12.4 Å². The third-order valence-electron chi connectivity index (χ3n) is 4.28. The van der Waals surface area contributed by atoms with E-state index in [1.165, 1.54) is 0 Å². The number of oxazole rings is 1. The van der Waals surface area contributed by atoms with Crippen LogP contribution in [0.4, 0.5) is 11.5 Å². The molecule has 1 N–H and O–H groups in total.